The molecule has 130 valence electrons. The summed E-state index contributed by atoms with van der Waals surface area (Å²) in [6.45, 7) is 4.14. The number of amides is 1. The first-order chi connectivity index (χ1) is 12.1. The monoisotopic (exact) mass is 337 g/mol. The molecule has 1 unspecified atom stereocenters. The molecule has 1 aromatic heterocycles. The Bertz CT molecular complexity index is 837. The summed E-state index contributed by atoms with van der Waals surface area (Å²) < 4.78 is 5.32. The van der Waals surface area contributed by atoms with E-state index in [9.17, 15) is 4.79 Å². The van der Waals surface area contributed by atoms with Crippen LogP contribution in [0.25, 0.3) is 11.0 Å². The summed E-state index contributed by atoms with van der Waals surface area (Å²) in [5.74, 6) is 1.66. The number of methoxy groups -OCH3 is 1. The van der Waals surface area contributed by atoms with Gasteiger partial charge in [-0.2, -0.15) is 0 Å². The number of aromatic amines is 1. The van der Waals surface area contributed by atoms with E-state index in [-0.39, 0.29) is 24.3 Å². The average Bonchev–Trinajstić information content (AvgIpc) is 3.03. The molecule has 5 nitrogen and oxygen atoms in total. The molecule has 1 amide bonds. The highest BCUT2D eigenvalue weighted by Crippen LogP contribution is 2.23. The van der Waals surface area contributed by atoms with Gasteiger partial charge in [0.2, 0.25) is 5.91 Å². The molecule has 0 aliphatic heterocycles. The van der Waals surface area contributed by atoms with Gasteiger partial charge in [-0.3, -0.25) is 4.79 Å². The van der Waals surface area contributed by atoms with Crippen LogP contribution in [0.15, 0.2) is 48.5 Å². The normalized spacial score (nSPS) is 12.3. The lowest BCUT2D eigenvalue weighted by atomic mass is 10.0. The predicted octanol–water partition coefficient (Wildman–Crippen LogP) is 3.63. The van der Waals surface area contributed by atoms with Crippen molar-refractivity contribution in [3.63, 3.8) is 0 Å². The zero-order valence-corrected chi connectivity index (χ0v) is 14.7. The highest BCUT2D eigenvalue weighted by molar-refractivity contribution is 5.80. The second-order valence-electron chi connectivity index (χ2n) is 6.42. The Kier molecular flexibility index (Phi) is 5.03. The van der Waals surface area contributed by atoms with Crippen LogP contribution in [0.4, 0.5) is 0 Å². The Labute approximate surface area is 147 Å². The first-order valence-corrected chi connectivity index (χ1v) is 8.44. The fourth-order valence-corrected chi connectivity index (χ4v) is 2.92. The van der Waals surface area contributed by atoms with Gasteiger partial charge in [0.15, 0.2) is 0 Å². The van der Waals surface area contributed by atoms with Crippen LogP contribution >= 0.6 is 0 Å². The number of nitrogens with one attached hydrogen (secondary N) is 2. The topological polar surface area (TPSA) is 67.0 Å². The Hall–Kier alpha value is -2.82. The first kappa shape index (κ1) is 17.0. The number of fused-ring (bicyclic) bond motifs is 1. The number of para-hydroxylation sites is 3. The van der Waals surface area contributed by atoms with Crippen LogP contribution in [0, 0.1) is 5.92 Å². The lowest BCUT2D eigenvalue weighted by Crippen LogP contribution is -2.33. The van der Waals surface area contributed by atoms with Gasteiger partial charge in [0.1, 0.15) is 11.6 Å². The molecule has 1 heterocycles. The van der Waals surface area contributed by atoms with E-state index in [0.717, 1.165) is 28.2 Å². The highest BCUT2D eigenvalue weighted by Gasteiger charge is 2.22. The molecule has 0 spiro atoms. The third kappa shape index (κ3) is 3.82. The Morgan fingerprint density at radius 3 is 2.60 bits per heavy atom. The number of H-pyrrole nitrogens is 1. The van der Waals surface area contributed by atoms with E-state index in [2.05, 4.69) is 29.1 Å². The van der Waals surface area contributed by atoms with Gasteiger partial charge in [-0.05, 0) is 24.1 Å². The molecule has 25 heavy (non-hydrogen) atoms. The van der Waals surface area contributed by atoms with Gasteiger partial charge >= 0.3 is 0 Å². The number of ether oxygens (including phenoxy) is 1. The summed E-state index contributed by atoms with van der Waals surface area (Å²) in [6.07, 6.45) is 0.271. The SMILES string of the molecule is COc1ccccc1CC(=O)NC(c1nc2ccccc2[nH]1)C(C)C. The third-order valence-corrected chi connectivity index (χ3v) is 4.23. The molecule has 1 atom stereocenters. The van der Waals surface area contributed by atoms with Crippen molar-refractivity contribution in [1.82, 2.24) is 15.3 Å². The molecule has 3 aromatic rings. The molecule has 0 aliphatic carbocycles. The van der Waals surface area contributed by atoms with E-state index in [0.29, 0.717) is 0 Å². The van der Waals surface area contributed by atoms with Crippen LogP contribution in [-0.2, 0) is 11.2 Å². The minimum atomic E-state index is -0.172. The Morgan fingerprint density at radius 1 is 1.16 bits per heavy atom. The summed E-state index contributed by atoms with van der Waals surface area (Å²) in [5, 5.41) is 3.11. The Morgan fingerprint density at radius 2 is 1.88 bits per heavy atom. The molecule has 5 heteroatoms. The van der Waals surface area contributed by atoms with E-state index in [1.54, 1.807) is 7.11 Å². The van der Waals surface area contributed by atoms with Crippen LogP contribution in [0.5, 0.6) is 5.75 Å². The molecule has 2 aromatic carbocycles. The summed E-state index contributed by atoms with van der Waals surface area (Å²) in [4.78, 5) is 20.5. The molecular formula is C20H23N3O2. The molecule has 2 N–H and O–H groups in total. The maximum atomic E-state index is 12.6. The Balaban J connectivity index is 1.78. The predicted molar refractivity (Wildman–Crippen MR) is 98.5 cm³/mol. The zero-order valence-electron chi connectivity index (χ0n) is 14.7. The van der Waals surface area contributed by atoms with Crippen LogP contribution in [0.1, 0.15) is 31.3 Å². The van der Waals surface area contributed by atoms with Crippen molar-refractivity contribution in [2.45, 2.75) is 26.3 Å². The number of imidazole rings is 1. The third-order valence-electron chi connectivity index (χ3n) is 4.23. The van der Waals surface area contributed by atoms with Crippen molar-refractivity contribution in [3.8, 4) is 5.75 Å². The van der Waals surface area contributed by atoms with Gasteiger partial charge in [-0.15, -0.1) is 0 Å². The van der Waals surface area contributed by atoms with Crippen LogP contribution in [0.3, 0.4) is 0 Å². The summed E-state index contributed by atoms with van der Waals surface area (Å²) in [5.41, 5.74) is 2.75. The van der Waals surface area contributed by atoms with Crippen LogP contribution in [0.2, 0.25) is 0 Å². The van der Waals surface area contributed by atoms with Crippen molar-refractivity contribution < 1.29 is 9.53 Å². The summed E-state index contributed by atoms with van der Waals surface area (Å²) >= 11 is 0. The van der Waals surface area contributed by atoms with Crippen molar-refractivity contribution in [2.75, 3.05) is 7.11 Å². The van der Waals surface area contributed by atoms with E-state index >= 15 is 0 Å². The maximum Gasteiger partial charge on any atom is 0.225 e. The van der Waals surface area contributed by atoms with Crippen molar-refractivity contribution in [3.05, 3.63) is 59.9 Å². The number of aromatic nitrogens is 2. The second-order valence-corrected chi connectivity index (χ2v) is 6.42. The van der Waals surface area contributed by atoms with Gasteiger partial charge < -0.3 is 15.0 Å². The molecular weight excluding hydrogens is 314 g/mol. The highest BCUT2D eigenvalue weighted by atomic mass is 16.5. The fourth-order valence-electron chi connectivity index (χ4n) is 2.92. The molecule has 0 saturated heterocycles. The standard InChI is InChI=1S/C20H23N3O2/c1-13(2)19(20-21-15-9-5-6-10-16(15)22-20)23-18(24)12-14-8-4-7-11-17(14)25-3/h4-11,13,19H,12H2,1-3H3,(H,21,22)(H,23,24). The fraction of sp³-hybridized carbons (Fsp3) is 0.300. The van der Waals surface area contributed by atoms with Gasteiger partial charge in [-0.25, -0.2) is 4.98 Å². The van der Waals surface area contributed by atoms with Gasteiger partial charge in [0.25, 0.3) is 0 Å². The summed E-state index contributed by atoms with van der Waals surface area (Å²) in [7, 11) is 1.61. The van der Waals surface area contributed by atoms with Gasteiger partial charge in [0.05, 0.1) is 30.6 Å². The largest absolute Gasteiger partial charge is 0.496 e. The van der Waals surface area contributed by atoms with E-state index in [1.165, 1.54) is 0 Å². The maximum absolute atomic E-state index is 12.6. The smallest absolute Gasteiger partial charge is 0.225 e. The number of benzene rings is 2. The number of hydrogen-bond donors (Lipinski definition) is 2. The van der Waals surface area contributed by atoms with Crippen molar-refractivity contribution in [2.24, 2.45) is 5.92 Å². The first-order valence-electron chi connectivity index (χ1n) is 8.44. The van der Waals surface area contributed by atoms with E-state index < -0.39 is 0 Å². The molecule has 0 radical (unpaired) electrons. The number of hydrogen-bond acceptors (Lipinski definition) is 3. The molecule has 0 saturated carbocycles. The number of nitrogens with zero attached hydrogens (tertiary/aromatic N) is 1. The minimum absolute atomic E-state index is 0.0522. The molecule has 0 bridgehead atoms. The van der Waals surface area contributed by atoms with Crippen molar-refractivity contribution >= 4 is 16.9 Å². The van der Waals surface area contributed by atoms with E-state index in [4.69, 9.17) is 4.74 Å². The van der Waals surface area contributed by atoms with Gasteiger partial charge in [0, 0.05) is 5.56 Å². The molecule has 3 rings (SSSR count). The minimum Gasteiger partial charge on any atom is -0.496 e. The van der Waals surface area contributed by atoms with E-state index in [1.807, 2.05) is 48.5 Å². The second kappa shape index (κ2) is 7.38. The van der Waals surface area contributed by atoms with Crippen molar-refractivity contribution in [1.29, 1.82) is 0 Å². The quantitative estimate of drug-likeness (QED) is 0.722. The van der Waals surface area contributed by atoms with Crippen LogP contribution in [-0.4, -0.2) is 23.0 Å². The lowest BCUT2D eigenvalue weighted by Gasteiger charge is -2.20. The lowest BCUT2D eigenvalue weighted by molar-refractivity contribution is -0.121. The molecule has 0 fully saturated rings. The molecule has 0 aliphatic rings. The zero-order chi connectivity index (χ0) is 17.8. The number of carbonyl (C=O) groups is 1. The average molecular weight is 337 g/mol. The van der Waals surface area contributed by atoms with Gasteiger partial charge in [-0.1, -0.05) is 44.2 Å². The number of rotatable bonds is 6. The van der Waals surface area contributed by atoms with Crippen LogP contribution < -0.4 is 10.1 Å². The summed E-state index contributed by atoms with van der Waals surface area (Å²) in [6, 6.07) is 15.3. The number of carbonyl (C=O) groups excluding carboxylic acids is 1.